The first-order chi connectivity index (χ1) is 6.06. The van der Waals surface area contributed by atoms with Gasteiger partial charge in [0, 0.05) is 0 Å². The first kappa shape index (κ1) is 17.7. The summed E-state index contributed by atoms with van der Waals surface area (Å²) in [6.07, 6.45) is 3.00. The zero-order valence-corrected chi connectivity index (χ0v) is 15.2. The Balaban J connectivity index is 0. The average molecular weight is 371 g/mol. The molecule has 0 nitrogen and oxygen atoms in total. The van der Waals surface area contributed by atoms with Gasteiger partial charge < -0.3 is 0 Å². The van der Waals surface area contributed by atoms with Gasteiger partial charge >= 0.3 is 92.4 Å². The van der Waals surface area contributed by atoms with Crippen molar-refractivity contribution in [3.8, 4) is 0 Å². The maximum atomic E-state index is 2.43. The molecular weight excluding hydrogens is 343 g/mol. The van der Waals surface area contributed by atoms with Crippen LogP contribution in [0, 0.1) is 11.8 Å². The summed E-state index contributed by atoms with van der Waals surface area (Å²) in [4.78, 5) is 0. The Morgan fingerprint density at radius 1 is 0.857 bits per heavy atom. The first-order valence-corrected chi connectivity index (χ1v) is 11.9. The molecule has 0 fully saturated rings. The molecule has 0 unspecified atom stereocenters. The van der Waals surface area contributed by atoms with Crippen molar-refractivity contribution in [2.75, 3.05) is 0 Å². The molecule has 0 aliphatic carbocycles. The van der Waals surface area contributed by atoms with Gasteiger partial charge in [0.15, 0.2) is 0 Å². The molecule has 0 amide bonds. The van der Waals surface area contributed by atoms with Crippen molar-refractivity contribution >= 4 is 36.7 Å². The second-order valence-electron chi connectivity index (χ2n) is 4.97. The molecule has 0 aromatic carbocycles. The predicted molar refractivity (Wildman–Crippen MR) is 75.1 cm³/mol. The SMILES string of the molecule is Br.C[CH2][Sn]([CH2]CC(C)C)[CH2]CC(C)C. The van der Waals surface area contributed by atoms with Crippen LogP contribution >= 0.6 is 17.0 Å². The van der Waals surface area contributed by atoms with Crippen LogP contribution in [0.25, 0.3) is 0 Å². The van der Waals surface area contributed by atoms with Gasteiger partial charge in [-0.3, -0.25) is 0 Å². The van der Waals surface area contributed by atoms with E-state index in [1.807, 2.05) is 0 Å². The summed E-state index contributed by atoms with van der Waals surface area (Å²) in [6.45, 7) is 11.9. The van der Waals surface area contributed by atoms with E-state index in [9.17, 15) is 0 Å². The second-order valence-corrected chi connectivity index (χ2v) is 14.1. The van der Waals surface area contributed by atoms with E-state index in [0.29, 0.717) is 0 Å². The molecule has 14 heavy (non-hydrogen) atoms. The molecule has 0 spiro atoms. The van der Waals surface area contributed by atoms with Crippen LogP contribution in [0.1, 0.15) is 47.5 Å². The van der Waals surface area contributed by atoms with E-state index in [4.69, 9.17) is 0 Å². The molecule has 0 N–H and O–H groups in total. The third kappa shape index (κ3) is 11.4. The Morgan fingerprint density at radius 3 is 1.43 bits per heavy atom. The third-order valence-electron chi connectivity index (χ3n) is 2.65. The molecule has 0 heterocycles. The maximum absolute atomic E-state index is 2.43. The van der Waals surface area contributed by atoms with Crippen LogP contribution in [0.3, 0.4) is 0 Å². The van der Waals surface area contributed by atoms with Gasteiger partial charge in [0.2, 0.25) is 0 Å². The van der Waals surface area contributed by atoms with E-state index in [-0.39, 0.29) is 17.0 Å². The standard InChI is InChI=1S/2C5H11.C2H5.BrH.Sn/c2*1-4-5(2)3;1-2;;/h2*5H,1,4H2,2-3H3;1H2,2H3;1H;. The molecule has 0 aliphatic heterocycles. The van der Waals surface area contributed by atoms with Crippen molar-refractivity contribution in [1.82, 2.24) is 0 Å². The molecule has 87 valence electrons. The molecule has 0 aromatic heterocycles. The first-order valence-electron chi connectivity index (χ1n) is 5.89. The van der Waals surface area contributed by atoms with Gasteiger partial charge in [-0.2, -0.15) is 0 Å². The molecule has 0 aromatic rings. The van der Waals surface area contributed by atoms with E-state index >= 15 is 0 Å². The van der Waals surface area contributed by atoms with Crippen molar-refractivity contribution in [2.24, 2.45) is 11.8 Å². The molecule has 2 heteroatoms. The summed E-state index contributed by atoms with van der Waals surface area (Å²) in [5.41, 5.74) is 0. The van der Waals surface area contributed by atoms with Crippen LogP contribution in [-0.2, 0) is 0 Å². The normalized spacial score (nSPS) is 11.1. The summed E-state index contributed by atoms with van der Waals surface area (Å²) in [6, 6.07) is 0. The van der Waals surface area contributed by atoms with Crippen LogP contribution in [0.4, 0.5) is 0 Å². The fourth-order valence-corrected chi connectivity index (χ4v) is 9.82. The van der Waals surface area contributed by atoms with E-state index in [0.717, 1.165) is 11.8 Å². The van der Waals surface area contributed by atoms with Crippen LogP contribution in [0.5, 0.6) is 0 Å². The van der Waals surface area contributed by atoms with E-state index < -0.39 is 19.8 Å². The number of hydrogen-bond donors (Lipinski definition) is 0. The summed E-state index contributed by atoms with van der Waals surface area (Å²) in [7, 11) is 0. The quantitative estimate of drug-likeness (QED) is 0.542. The summed E-state index contributed by atoms with van der Waals surface area (Å²) < 4.78 is 4.86. The van der Waals surface area contributed by atoms with Crippen molar-refractivity contribution < 1.29 is 0 Å². The van der Waals surface area contributed by atoms with E-state index in [1.165, 1.54) is 12.8 Å². The monoisotopic (exact) mass is 371 g/mol. The third-order valence-corrected chi connectivity index (χ3v) is 11.2. The van der Waals surface area contributed by atoms with Crippen molar-refractivity contribution in [1.29, 1.82) is 0 Å². The Morgan fingerprint density at radius 2 is 1.21 bits per heavy atom. The molecule has 0 rings (SSSR count). The molecular formula is C12H28BrSn. The Kier molecular flexibility index (Phi) is 13.6. The zero-order chi connectivity index (χ0) is 10.3. The van der Waals surface area contributed by atoms with Crippen LogP contribution in [-0.4, -0.2) is 19.8 Å². The molecule has 0 atom stereocenters. The Bertz CT molecular complexity index is 101. The van der Waals surface area contributed by atoms with Crippen molar-refractivity contribution in [2.45, 2.75) is 60.8 Å². The number of hydrogen-bond acceptors (Lipinski definition) is 0. The predicted octanol–water partition coefficient (Wildman–Crippen LogP) is 5.17. The Hall–Kier alpha value is 1.28. The molecule has 1 radical (unpaired) electrons. The van der Waals surface area contributed by atoms with Crippen molar-refractivity contribution in [3.63, 3.8) is 0 Å². The zero-order valence-electron chi connectivity index (χ0n) is 10.6. The number of halogens is 1. The summed E-state index contributed by atoms with van der Waals surface area (Å²) in [5.74, 6) is 1.86. The topological polar surface area (TPSA) is 0 Å². The van der Waals surface area contributed by atoms with Gasteiger partial charge in [-0.15, -0.1) is 17.0 Å². The van der Waals surface area contributed by atoms with E-state index in [1.54, 1.807) is 13.3 Å². The molecule has 0 bridgehead atoms. The fourth-order valence-electron chi connectivity index (χ4n) is 1.46. The average Bonchev–Trinajstić information content (AvgIpc) is 2.04. The summed E-state index contributed by atoms with van der Waals surface area (Å²) >= 11 is -0.873. The van der Waals surface area contributed by atoms with Gasteiger partial charge in [-0.05, 0) is 0 Å². The van der Waals surface area contributed by atoms with Gasteiger partial charge in [-0.25, -0.2) is 0 Å². The Labute approximate surface area is 109 Å². The minimum absolute atomic E-state index is 0. The second kappa shape index (κ2) is 10.8. The van der Waals surface area contributed by atoms with Gasteiger partial charge in [-0.1, -0.05) is 0 Å². The van der Waals surface area contributed by atoms with E-state index in [2.05, 4.69) is 34.6 Å². The van der Waals surface area contributed by atoms with Crippen LogP contribution < -0.4 is 0 Å². The van der Waals surface area contributed by atoms with Crippen molar-refractivity contribution in [3.05, 3.63) is 0 Å². The molecule has 0 saturated heterocycles. The van der Waals surface area contributed by atoms with Gasteiger partial charge in [0.25, 0.3) is 0 Å². The fraction of sp³-hybridized carbons (Fsp3) is 1.00. The summed E-state index contributed by atoms with van der Waals surface area (Å²) in [5, 5.41) is 0. The number of rotatable bonds is 7. The van der Waals surface area contributed by atoms with Gasteiger partial charge in [0.05, 0.1) is 0 Å². The van der Waals surface area contributed by atoms with Crippen LogP contribution in [0.2, 0.25) is 13.3 Å². The van der Waals surface area contributed by atoms with Gasteiger partial charge in [0.1, 0.15) is 0 Å². The molecule has 0 aliphatic rings. The molecule has 0 saturated carbocycles. The minimum atomic E-state index is -0.873. The van der Waals surface area contributed by atoms with Crippen LogP contribution in [0.15, 0.2) is 0 Å².